The van der Waals surface area contributed by atoms with E-state index in [2.05, 4.69) is 44.2 Å². The van der Waals surface area contributed by atoms with Gasteiger partial charge in [-0.1, -0.05) is 29.8 Å². The molecule has 1 heterocycles. The highest BCUT2D eigenvalue weighted by atomic mass is 16.5. The lowest BCUT2D eigenvalue weighted by Crippen LogP contribution is -2.46. The quantitative estimate of drug-likeness (QED) is 0.598. The number of para-hydroxylation sites is 1. The number of allylic oxidation sites excluding steroid dienone is 1. The van der Waals surface area contributed by atoms with Gasteiger partial charge in [0.25, 0.3) is 0 Å². The van der Waals surface area contributed by atoms with Gasteiger partial charge in [-0.25, -0.2) is 0 Å². The number of hydrogen-bond donors (Lipinski definition) is 0. The van der Waals surface area contributed by atoms with Crippen molar-refractivity contribution in [2.24, 2.45) is 5.92 Å². The molecule has 0 unspecified atom stereocenters. The van der Waals surface area contributed by atoms with Gasteiger partial charge in [-0.15, -0.1) is 0 Å². The second-order valence-electron chi connectivity index (χ2n) is 5.27. The number of benzene rings is 1. The molecular weight excluding hydrogens is 196 g/mol. The molecule has 2 aliphatic rings. The summed E-state index contributed by atoms with van der Waals surface area (Å²) in [4.78, 5) is 0. The fraction of sp³-hybridized carbons (Fsp3) is 0.467. The minimum Gasteiger partial charge on any atom is -0.487 e. The van der Waals surface area contributed by atoms with Crippen LogP contribution in [0.15, 0.2) is 35.9 Å². The molecule has 0 radical (unpaired) electrons. The summed E-state index contributed by atoms with van der Waals surface area (Å²) < 4.78 is 6.25. The van der Waals surface area contributed by atoms with E-state index in [1.165, 1.54) is 11.1 Å². The third-order valence-corrected chi connectivity index (χ3v) is 4.13. The average molecular weight is 214 g/mol. The molecule has 0 N–H and O–H groups in total. The van der Waals surface area contributed by atoms with Gasteiger partial charge in [-0.05, 0) is 44.7 Å². The normalized spacial score (nSPS) is 32.1. The van der Waals surface area contributed by atoms with Crippen LogP contribution >= 0.6 is 0 Å². The van der Waals surface area contributed by atoms with Crippen molar-refractivity contribution in [3.05, 3.63) is 41.5 Å². The summed E-state index contributed by atoms with van der Waals surface area (Å²) in [5.41, 5.74) is 2.88. The Morgan fingerprint density at radius 1 is 1.31 bits per heavy atom. The Balaban J connectivity index is 2.05. The molecule has 1 nitrogen and oxygen atoms in total. The Labute approximate surface area is 97.1 Å². The van der Waals surface area contributed by atoms with E-state index in [1.54, 1.807) is 0 Å². The van der Waals surface area contributed by atoms with E-state index in [9.17, 15) is 0 Å². The van der Waals surface area contributed by atoms with Gasteiger partial charge in [-0.2, -0.15) is 0 Å². The van der Waals surface area contributed by atoms with E-state index in [-0.39, 0.29) is 5.60 Å². The lowest BCUT2D eigenvalue weighted by atomic mass is 9.71. The number of ether oxygens (including phenoxy) is 1. The first-order valence-corrected chi connectivity index (χ1v) is 6.13. The molecule has 0 saturated heterocycles. The fourth-order valence-corrected chi connectivity index (χ4v) is 3.13. The zero-order valence-corrected chi connectivity index (χ0v) is 9.99. The van der Waals surface area contributed by atoms with Gasteiger partial charge in [0, 0.05) is 5.92 Å². The van der Waals surface area contributed by atoms with Gasteiger partial charge in [0.2, 0.25) is 0 Å². The molecule has 0 amide bonds. The van der Waals surface area contributed by atoms with Crippen LogP contribution in [-0.4, -0.2) is 5.60 Å². The molecule has 1 aromatic carbocycles. The fourth-order valence-electron chi connectivity index (χ4n) is 3.13. The van der Waals surface area contributed by atoms with E-state index in [1.807, 2.05) is 0 Å². The Morgan fingerprint density at radius 3 is 3.00 bits per heavy atom. The van der Waals surface area contributed by atoms with E-state index >= 15 is 0 Å². The lowest BCUT2D eigenvalue weighted by molar-refractivity contribution is 0.0122. The van der Waals surface area contributed by atoms with Gasteiger partial charge in [0.15, 0.2) is 0 Å². The van der Waals surface area contributed by atoms with Crippen LogP contribution in [0.25, 0.3) is 0 Å². The van der Waals surface area contributed by atoms with Crippen LogP contribution in [-0.2, 0) is 6.42 Å². The van der Waals surface area contributed by atoms with Crippen molar-refractivity contribution in [2.75, 3.05) is 0 Å². The van der Waals surface area contributed by atoms with Crippen LogP contribution < -0.4 is 4.74 Å². The van der Waals surface area contributed by atoms with Crippen LogP contribution in [0, 0.1) is 5.92 Å². The largest absolute Gasteiger partial charge is 0.487 e. The molecule has 1 aromatic rings. The van der Waals surface area contributed by atoms with Crippen LogP contribution in [0.4, 0.5) is 0 Å². The van der Waals surface area contributed by atoms with Crippen LogP contribution in [0.2, 0.25) is 0 Å². The van der Waals surface area contributed by atoms with Crippen molar-refractivity contribution in [3.8, 4) is 5.75 Å². The van der Waals surface area contributed by atoms with Crippen molar-refractivity contribution in [2.45, 2.75) is 38.7 Å². The predicted molar refractivity (Wildman–Crippen MR) is 65.7 cm³/mol. The van der Waals surface area contributed by atoms with Crippen LogP contribution in [0.3, 0.4) is 0 Å². The molecule has 2 atom stereocenters. The van der Waals surface area contributed by atoms with Crippen molar-refractivity contribution < 1.29 is 4.74 Å². The first kappa shape index (κ1) is 9.95. The van der Waals surface area contributed by atoms with Gasteiger partial charge in [0.1, 0.15) is 11.4 Å². The second-order valence-corrected chi connectivity index (χ2v) is 5.27. The molecular formula is C15H18O. The van der Waals surface area contributed by atoms with Crippen molar-refractivity contribution >= 4 is 0 Å². The molecule has 0 spiro atoms. The van der Waals surface area contributed by atoms with Crippen molar-refractivity contribution in [3.63, 3.8) is 0 Å². The summed E-state index contributed by atoms with van der Waals surface area (Å²) in [6, 6.07) is 8.46. The highest BCUT2D eigenvalue weighted by Gasteiger charge is 2.42. The van der Waals surface area contributed by atoms with Crippen molar-refractivity contribution in [1.82, 2.24) is 0 Å². The highest BCUT2D eigenvalue weighted by molar-refractivity contribution is 5.39. The predicted octanol–water partition coefficient (Wildman–Crippen LogP) is 3.74. The topological polar surface area (TPSA) is 9.23 Å². The number of fused-ring (bicyclic) bond motifs is 2. The summed E-state index contributed by atoms with van der Waals surface area (Å²) in [5.74, 6) is 1.66. The Hall–Kier alpha value is -1.24. The lowest BCUT2D eigenvalue weighted by Gasteiger charge is -2.45. The van der Waals surface area contributed by atoms with Crippen LogP contribution in [0.1, 0.15) is 32.3 Å². The smallest absolute Gasteiger partial charge is 0.123 e. The van der Waals surface area contributed by atoms with Gasteiger partial charge < -0.3 is 4.74 Å². The molecule has 0 bridgehead atoms. The Morgan fingerprint density at radius 2 is 2.12 bits per heavy atom. The molecule has 1 heteroatoms. The van der Waals surface area contributed by atoms with E-state index in [4.69, 9.17) is 4.74 Å². The maximum Gasteiger partial charge on any atom is 0.123 e. The first-order chi connectivity index (χ1) is 7.69. The molecule has 0 saturated carbocycles. The zero-order chi connectivity index (χ0) is 11.2. The summed E-state index contributed by atoms with van der Waals surface area (Å²) in [5, 5.41) is 0. The van der Waals surface area contributed by atoms with E-state index < -0.39 is 0 Å². The molecule has 16 heavy (non-hydrogen) atoms. The van der Waals surface area contributed by atoms with Crippen molar-refractivity contribution in [1.29, 1.82) is 0 Å². The molecule has 1 aliphatic carbocycles. The maximum absolute atomic E-state index is 6.25. The summed E-state index contributed by atoms with van der Waals surface area (Å²) in [6.45, 7) is 4.52. The summed E-state index contributed by atoms with van der Waals surface area (Å²) in [6.07, 6.45) is 5.81. The average Bonchev–Trinajstić information content (AvgIpc) is 2.27. The second kappa shape index (κ2) is 3.38. The molecule has 0 aromatic heterocycles. The molecule has 84 valence electrons. The molecule has 0 fully saturated rings. The Kier molecular flexibility index (Phi) is 2.10. The highest BCUT2D eigenvalue weighted by Crippen LogP contribution is 2.44. The minimum atomic E-state index is 0.0210. The third kappa shape index (κ3) is 1.38. The first-order valence-electron chi connectivity index (χ1n) is 6.13. The molecule has 1 aliphatic heterocycles. The number of rotatable bonds is 0. The zero-order valence-electron chi connectivity index (χ0n) is 9.99. The SMILES string of the molecule is CC1=CCC[C@]2(C)Oc3ccccc3C[C@@H]12. The third-order valence-electron chi connectivity index (χ3n) is 4.13. The van der Waals surface area contributed by atoms with E-state index in [0.717, 1.165) is 25.0 Å². The van der Waals surface area contributed by atoms with Gasteiger partial charge >= 0.3 is 0 Å². The summed E-state index contributed by atoms with van der Waals surface area (Å²) in [7, 11) is 0. The standard InChI is InChI=1S/C15H18O/c1-11-6-5-9-15(2)13(11)10-12-7-3-4-8-14(12)16-15/h3-4,6-8,13H,5,9-10H2,1-2H3/t13-,15-/m0/s1. The molecule has 3 rings (SSSR count). The Bertz CT molecular complexity index is 447. The van der Waals surface area contributed by atoms with Crippen LogP contribution in [0.5, 0.6) is 5.75 Å². The number of hydrogen-bond acceptors (Lipinski definition) is 1. The summed E-state index contributed by atoms with van der Waals surface area (Å²) >= 11 is 0. The van der Waals surface area contributed by atoms with Gasteiger partial charge in [0.05, 0.1) is 0 Å². The minimum absolute atomic E-state index is 0.0210. The van der Waals surface area contributed by atoms with E-state index in [0.29, 0.717) is 5.92 Å². The maximum atomic E-state index is 6.25. The van der Waals surface area contributed by atoms with Gasteiger partial charge in [-0.3, -0.25) is 0 Å². The monoisotopic (exact) mass is 214 g/mol.